The zero-order chi connectivity index (χ0) is 23.8. The number of aromatic amines is 1. The van der Waals surface area contributed by atoms with Gasteiger partial charge in [0.05, 0.1) is 23.2 Å². The number of carbonyl (C=O) groups is 1. The predicted octanol–water partition coefficient (Wildman–Crippen LogP) is 4.33. The Kier molecular flexibility index (Phi) is 6.05. The van der Waals surface area contributed by atoms with E-state index in [4.69, 9.17) is 4.42 Å². The number of nitrogens with zero attached hydrogens (tertiary/aromatic N) is 1. The van der Waals surface area contributed by atoms with Crippen molar-refractivity contribution in [2.24, 2.45) is 0 Å². The topological polar surface area (TPSA) is 100 Å². The Bertz CT molecular complexity index is 1480. The molecule has 0 aliphatic rings. The minimum Gasteiger partial charge on any atom is -0.468 e. The van der Waals surface area contributed by atoms with Gasteiger partial charge in [0.25, 0.3) is 5.56 Å². The number of Topliss-reactive ketones (excluding diaryl/α,β-unsaturated/α-hetero) is 1. The molecule has 0 bridgehead atoms. The van der Waals surface area contributed by atoms with Gasteiger partial charge in [0.15, 0.2) is 5.78 Å². The van der Waals surface area contributed by atoms with Crippen molar-refractivity contribution in [1.29, 1.82) is 0 Å². The van der Waals surface area contributed by atoms with E-state index in [1.807, 2.05) is 26.0 Å². The fraction of sp³-hybridized carbons (Fsp3) is 0.200. The van der Waals surface area contributed by atoms with E-state index >= 15 is 0 Å². The van der Waals surface area contributed by atoms with Crippen LogP contribution in [0.3, 0.4) is 0 Å². The Morgan fingerprint density at radius 3 is 2.33 bits per heavy atom. The molecular weight excluding hydrogens is 440 g/mol. The van der Waals surface area contributed by atoms with Gasteiger partial charge in [-0.15, -0.1) is 0 Å². The summed E-state index contributed by atoms with van der Waals surface area (Å²) in [5.41, 5.74) is 3.06. The minimum atomic E-state index is -4.00. The van der Waals surface area contributed by atoms with Crippen LogP contribution in [0.1, 0.15) is 39.7 Å². The average molecular weight is 465 g/mol. The Morgan fingerprint density at radius 1 is 1.00 bits per heavy atom. The highest BCUT2D eigenvalue weighted by Crippen LogP contribution is 2.24. The molecule has 0 aliphatic heterocycles. The molecule has 4 rings (SSSR count). The second kappa shape index (κ2) is 8.80. The third-order valence-corrected chi connectivity index (χ3v) is 7.48. The van der Waals surface area contributed by atoms with Crippen LogP contribution in [0.5, 0.6) is 0 Å². The normalized spacial score (nSPS) is 11.9. The van der Waals surface area contributed by atoms with Crippen molar-refractivity contribution in [3.63, 3.8) is 0 Å². The lowest BCUT2D eigenvalue weighted by atomic mass is 10.0. The van der Waals surface area contributed by atoms with Gasteiger partial charge < -0.3 is 9.40 Å². The smallest absolute Gasteiger partial charge is 0.252 e. The number of carbonyl (C=O) groups excluding carboxylic acids is 1. The SMILES string of the molecule is CC(=O)c1ccc(S(=O)(=O)N(Cc2ccco2)Cc2cc3c(C)ccc(C)c3[nH]c2=O)cc1. The standard InChI is InChI=1S/C25H24N2O5S/c1-16-6-7-17(2)24-23(16)13-20(25(29)26-24)14-27(15-21-5-4-12-32-21)33(30,31)22-10-8-19(9-11-22)18(3)28/h4-13H,14-15H2,1-3H3,(H,26,29). The number of hydrogen-bond acceptors (Lipinski definition) is 5. The number of nitrogens with one attached hydrogen (secondary N) is 1. The van der Waals surface area contributed by atoms with Crippen LogP contribution < -0.4 is 5.56 Å². The van der Waals surface area contributed by atoms with Crippen LogP contribution in [0, 0.1) is 13.8 Å². The van der Waals surface area contributed by atoms with Crippen LogP contribution >= 0.6 is 0 Å². The van der Waals surface area contributed by atoms with Gasteiger partial charge in [0.2, 0.25) is 10.0 Å². The molecule has 8 heteroatoms. The molecule has 170 valence electrons. The summed E-state index contributed by atoms with van der Waals surface area (Å²) in [6.45, 7) is 5.08. The molecule has 0 unspecified atom stereocenters. The summed E-state index contributed by atoms with van der Waals surface area (Å²) < 4.78 is 33.6. The first-order valence-corrected chi connectivity index (χ1v) is 11.9. The summed E-state index contributed by atoms with van der Waals surface area (Å²) >= 11 is 0. The van der Waals surface area contributed by atoms with Crippen molar-refractivity contribution < 1.29 is 17.6 Å². The Hall–Kier alpha value is -3.49. The molecule has 33 heavy (non-hydrogen) atoms. The average Bonchev–Trinajstić information content (AvgIpc) is 3.30. The molecule has 0 fully saturated rings. The van der Waals surface area contributed by atoms with Gasteiger partial charge in [-0.1, -0.05) is 24.3 Å². The first kappa shape index (κ1) is 22.7. The number of pyridine rings is 1. The Morgan fingerprint density at radius 2 is 1.70 bits per heavy atom. The van der Waals surface area contributed by atoms with Crippen LogP contribution in [0.2, 0.25) is 0 Å². The molecule has 0 radical (unpaired) electrons. The summed E-state index contributed by atoms with van der Waals surface area (Å²) in [6, 6.07) is 14.8. The molecule has 0 saturated carbocycles. The number of ketones is 1. The van der Waals surface area contributed by atoms with Crippen LogP contribution in [0.4, 0.5) is 0 Å². The zero-order valence-electron chi connectivity index (χ0n) is 18.6. The lowest BCUT2D eigenvalue weighted by Gasteiger charge is -2.21. The number of hydrogen-bond donors (Lipinski definition) is 1. The second-order valence-corrected chi connectivity index (χ2v) is 9.98. The fourth-order valence-corrected chi connectivity index (χ4v) is 5.12. The third-order valence-electron chi connectivity index (χ3n) is 5.68. The number of fused-ring (bicyclic) bond motifs is 1. The maximum absolute atomic E-state index is 13.5. The molecule has 0 atom stereocenters. The van der Waals surface area contributed by atoms with Crippen molar-refractivity contribution in [3.05, 3.63) is 99.2 Å². The first-order valence-electron chi connectivity index (χ1n) is 10.4. The summed E-state index contributed by atoms with van der Waals surface area (Å²) in [4.78, 5) is 27.4. The zero-order valence-corrected chi connectivity index (χ0v) is 19.4. The van der Waals surface area contributed by atoms with Gasteiger partial charge in [-0.2, -0.15) is 4.31 Å². The summed E-state index contributed by atoms with van der Waals surface area (Å²) in [5, 5.41) is 0.866. The molecule has 2 heterocycles. The summed E-state index contributed by atoms with van der Waals surface area (Å²) in [6.07, 6.45) is 1.47. The van der Waals surface area contributed by atoms with E-state index in [0.29, 0.717) is 16.9 Å². The number of H-pyrrole nitrogens is 1. The fourth-order valence-electron chi connectivity index (χ4n) is 3.74. The van der Waals surface area contributed by atoms with Crippen molar-refractivity contribution >= 4 is 26.7 Å². The van der Waals surface area contributed by atoms with Crippen molar-refractivity contribution in [2.45, 2.75) is 38.8 Å². The molecule has 0 aliphatic carbocycles. The van der Waals surface area contributed by atoms with E-state index in [-0.39, 0.29) is 29.3 Å². The minimum absolute atomic E-state index is 0.0308. The number of benzene rings is 2. The van der Waals surface area contributed by atoms with E-state index in [2.05, 4.69) is 4.98 Å². The quantitative estimate of drug-likeness (QED) is 0.410. The largest absolute Gasteiger partial charge is 0.468 e. The molecular formula is C25H24N2O5S. The van der Waals surface area contributed by atoms with Crippen molar-refractivity contribution in [2.75, 3.05) is 0 Å². The van der Waals surface area contributed by atoms with Crippen LogP contribution in [-0.2, 0) is 23.1 Å². The number of furan rings is 1. The monoisotopic (exact) mass is 464 g/mol. The van der Waals surface area contributed by atoms with Crippen LogP contribution in [0.15, 0.2) is 75.0 Å². The highest BCUT2D eigenvalue weighted by molar-refractivity contribution is 7.89. The molecule has 0 saturated heterocycles. The van der Waals surface area contributed by atoms with Gasteiger partial charge in [0.1, 0.15) is 5.76 Å². The summed E-state index contributed by atoms with van der Waals surface area (Å²) in [5.74, 6) is 0.294. The highest BCUT2D eigenvalue weighted by atomic mass is 32.2. The second-order valence-electron chi connectivity index (χ2n) is 8.04. The van der Waals surface area contributed by atoms with Gasteiger partial charge in [-0.05, 0) is 62.2 Å². The number of aryl methyl sites for hydroxylation is 2. The highest BCUT2D eigenvalue weighted by Gasteiger charge is 2.27. The summed E-state index contributed by atoms with van der Waals surface area (Å²) in [7, 11) is -4.00. The lowest BCUT2D eigenvalue weighted by Crippen LogP contribution is -2.32. The lowest BCUT2D eigenvalue weighted by molar-refractivity contribution is 0.101. The third kappa shape index (κ3) is 4.53. The van der Waals surface area contributed by atoms with Gasteiger partial charge in [-0.3, -0.25) is 9.59 Å². The van der Waals surface area contributed by atoms with Crippen LogP contribution in [0.25, 0.3) is 10.9 Å². The molecule has 0 amide bonds. The Labute approximate surface area is 191 Å². The molecule has 1 N–H and O–H groups in total. The van der Waals surface area contributed by atoms with Gasteiger partial charge in [0, 0.05) is 23.1 Å². The number of aromatic nitrogens is 1. The van der Waals surface area contributed by atoms with Gasteiger partial charge >= 0.3 is 0 Å². The van der Waals surface area contributed by atoms with E-state index in [1.165, 1.54) is 41.8 Å². The van der Waals surface area contributed by atoms with Gasteiger partial charge in [-0.25, -0.2) is 8.42 Å². The van der Waals surface area contributed by atoms with E-state index in [9.17, 15) is 18.0 Å². The van der Waals surface area contributed by atoms with E-state index in [1.54, 1.807) is 18.2 Å². The predicted molar refractivity (Wildman–Crippen MR) is 126 cm³/mol. The molecule has 7 nitrogen and oxygen atoms in total. The maximum Gasteiger partial charge on any atom is 0.252 e. The van der Waals surface area contributed by atoms with Crippen molar-refractivity contribution in [1.82, 2.24) is 9.29 Å². The molecule has 4 aromatic rings. The molecule has 2 aromatic carbocycles. The number of sulfonamides is 1. The molecule has 2 aromatic heterocycles. The van der Waals surface area contributed by atoms with Crippen molar-refractivity contribution in [3.8, 4) is 0 Å². The molecule has 0 spiro atoms. The van der Waals surface area contributed by atoms with Crippen LogP contribution in [-0.4, -0.2) is 23.5 Å². The first-order chi connectivity index (χ1) is 15.7. The maximum atomic E-state index is 13.5. The van der Waals surface area contributed by atoms with E-state index in [0.717, 1.165) is 22.0 Å². The van der Waals surface area contributed by atoms with E-state index < -0.39 is 10.0 Å². The Balaban J connectivity index is 1.78. The number of rotatable bonds is 7.